The molecule has 1 N–H and O–H groups in total. The quantitative estimate of drug-likeness (QED) is 0.765. The van der Waals surface area contributed by atoms with Gasteiger partial charge in [0.15, 0.2) is 0 Å². The molecule has 2 rings (SSSR count). The van der Waals surface area contributed by atoms with Crippen LogP contribution < -0.4 is 5.32 Å². The minimum Gasteiger partial charge on any atom is -0.311 e. The van der Waals surface area contributed by atoms with Crippen LogP contribution in [0.25, 0.3) is 0 Å². The normalized spacial score (nSPS) is 32.6. The van der Waals surface area contributed by atoms with E-state index in [2.05, 4.69) is 31.0 Å². The van der Waals surface area contributed by atoms with Crippen LogP contribution in [0.3, 0.4) is 0 Å². The highest BCUT2D eigenvalue weighted by Gasteiger charge is 2.33. The highest BCUT2D eigenvalue weighted by molar-refractivity contribution is 4.92. The fourth-order valence-corrected chi connectivity index (χ4v) is 3.67. The Kier molecular flexibility index (Phi) is 4.87. The van der Waals surface area contributed by atoms with Crippen molar-refractivity contribution in [2.75, 3.05) is 13.1 Å². The Hall–Kier alpha value is -0.0800. The van der Waals surface area contributed by atoms with Gasteiger partial charge in [-0.3, -0.25) is 0 Å². The van der Waals surface area contributed by atoms with E-state index >= 15 is 0 Å². The number of piperidine rings is 1. The van der Waals surface area contributed by atoms with Crippen LogP contribution in [0, 0.1) is 5.92 Å². The third kappa shape index (κ3) is 3.69. The van der Waals surface area contributed by atoms with Crippen molar-refractivity contribution in [2.24, 2.45) is 5.92 Å². The van der Waals surface area contributed by atoms with Crippen molar-refractivity contribution < 1.29 is 0 Å². The minimum atomic E-state index is 0.716. The molecule has 2 unspecified atom stereocenters. The van der Waals surface area contributed by atoms with Gasteiger partial charge >= 0.3 is 0 Å². The molecule has 2 fully saturated rings. The summed E-state index contributed by atoms with van der Waals surface area (Å²) in [6, 6.07) is 2.43. The maximum atomic E-state index is 3.74. The van der Waals surface area contributed by atoms with Crippen molar-refractivity contribution in [2.45, 2.75) is 77.4 Å². The van der Waals surface area contributed by atoms with Gasteiger partial charge in [-0.25, -0.2) is 0 Å². The van der Waals surface area contributed by atoms with E-state index in [1.54, 1.807) is 0 Å². The van der Waals surface area contributed by atoms with Gasteiger partial charge in [-0.1, -0.05) is 6.92 Å². The molecule has 2 saturated heterocycles. The number of rotatable bonds is 6. The van der Waals surface area contributed by atoms with Crippen molar-refractivity contribution in [1.29, 1.82) is 0 Å². The SMILES string of the molecule is CCCN(CCC1CC2CCC(C1)N2)C(C)C. The minimum absolute atomic E-state index is 0.716. The van der Waals surface area contributed by atoms with Crippen molar-refractivity contribution in [3.8, 4) is 0 Å². The van der Waals surface area contributed by atoms with Gasteiger partial charge in [0, 0.05) is 18.1 Å². The molecule has 0 radical (unpaired) electrons. The molecule has 2 atom stereocenters. The third-order valence-electron chi connectivity index (χ3n) is 4.64. The van der Waals surface area contributed by atoms with Crippen molar-refractivity contribution in [1.82, 2.24) is 10.2 Å². The molecule has 0 amide bonds. The third-order valence-corrected chi connectivity index (χ3v) is 4.64. The summed E-state index contributed by atoms with van der Waals surface area (Å²) >= 11 is 0. The molecule has 2 aliphatic heterocycles. The Morgan fingerprint density at radius 2 is 1.76 bits per heavy atom. The molecule has 0 saturated carbocycles. The van der Waals surface area contributed by atoms with Gasteiger partial charge in [0.2, 0.25) is 0 Å². The van der Waals surface area contributed by atoms with Crippen LogP contribution >= 0.6 is 0 Å². The first kappa shape index (κ1) is 13.4. The molecule has 100 valence electrons. The molecule has 0 aliphatic carbocycles. The van der Waals surface area contributed by atoms with Gasteiger partial charge in [0.05, 0.1) is 0 Å². The molecule has 2 bridgehead atoms. The molecule has 0 aromatic rings. The van der Waals surface area contributed by atoms with E-state index in [9.17, 15) is 0 Å². The van der Waals surface area contributed by atoms with Crippen LogP contribution in [-0.4, -0.2) is 36.1 Å². The Balaban J connectivity index is 1.73. The van der Waals surface area contributed by atoms with E-state index in [1.807, 2.05) is 0 Å². The monoisotopic (exact) mass is 238 g/mol. The summed E-state index contributed by atoms with van der Waals surface area (Å²) in [4.78, 5) is 2.66. The second-order valence-corrected chi connectivity index (χ2v) is 6.39. The van der Waals surface area contributed by atoms with E-state index in [0.717, 1.165) is 18.0 Å². The Bertz CT molecular complexity index is 215. The number of nitrogens with one attached hydrogen (secondary N) is 1. The Morgan fingerprint density at radius 3 is 2.29 bits per heavy atom. The number of nitrogens with zero attached hydrogens (tertiary/aromatic N) is 1. The standard InChI is InChI=1S/C15H30N2/c1-4-8-17(12(2)3)9-7-13-10-14-5-6-15(11-13)16-14/h12-16H,4-11H2,1-3H3. The first-order valence-corrected chi connectivity index (χ1v) is 7.69. The Labute approximate surface area is 107 Å². The molecular formula is C15H30N2. The second kappa shape index (κ2) is 6.19. The van der Waals surface area contributed by atoms with E-state index in [0.29, 0.717) is 6.04 Å². The summed E-state index contributed by atoms with van der Waals surface area (Å²) in [6.07, 6.45) is 8.46. The number of hydrogen-bond donors (Lipinski definition) is 1. The predicted octanol–water partition coefficient (Wildman–Crippen LogP) is 3.03. The van der Waals surface area contributed by atoms with Gasteiger partial charge in [0.25, 0.3) is 0 Å². The zero-order valence-electron chi connectivity index (χ0n) is 11.9. The van der Waals surface area contributed by atoms with Crippen LogP contribution in [0.4, 0.5) is 0 Å². The molecule has 2 nitrogen and oxygen atoms in total. The fraction of sp³-hybridized carbons (Fsp3) is 1.00. The van der Waals surface area contributed by atoms with Gasteiger partial charge < -0.3 is 10.2 Å². The average Bonchev–Trinajstić information content (AvgIpc) is 2.63. The largest absolute Gasteiger partial charge is 0.311 e. The summed E-state index contributed by atoms with van der Waals surface area (Å²) in [7, 11) is 0. The highest BCUT2D eigenvalue weighted by atomic mass is 15.1. The molecule has 2 heteroatoms. The maximum absolute atomic E-state index is 3.74. The topological polar surface area (TPSA) is 15.3 Å². The average molecular weight is 238 g/mol. The molecule has 0 aromatic heterocycles. The predicted molar refractivity (Wildman–Crippen MR) is 74.3 cm³/mol. The van der Waals surface area contributed by atoms with E-state index < -0.39 is 0 Å². The van der Waals surface area contributed by atoms with Crippen LogP contribution in [0.1, 0.15) is 59.3 Å². The van der Waals surface area contributed by atoms with Crippen LogP contribution in [0.15, 0.2) is 0 Å². The zero-order chi connectivity index (χ0) is 12.3. The molecule has 2 aliphatic rings. The van der Waals surface area contributed by atoms with Crippen LogP contribution in [-0.2, 0) is 0 Å². The lowest BCUT2D eigenvalue weighted by molar-refractivity contribution is 0.186. The van der Waals surface area contributed by atoms with Crippen molar-refractivity contribution in [3.05, 3.63) is 0 Å². The Morgan fingerprint density at radius 1 is 1.12 bits per heavy atom. The van der Waals surface area contributed by atoms with Gasteiger partial charge in [-0.05, 0) is 71.4 Å². The lowest BCUT2D eigenvalue weighted by atomic mass is 9.89. The van der Waals surface area contributed by atoms with E-state index in [1.165, 1.54) is 51.6 Å². The van der Waals surface area contributed by atoms with Crippen molar-refractivity contribution >= 4 is 0 Å². The summed E-state index contributed by atoms with van der Waals surface area (Å²) in [5.41, 5.74) is 0. The summed E-state index contributed by atoms with van der Waals surface area (Å²) < 4.78 is 0. The van der Waals surface area contributed by atoms with Crippen molar-refractivity contribution in [3.63, 3.8) is 0 Å². The summed E-state index contributed by atoms with van der Waals surface area (Å²) in [5, 5.41) is 3.74. The molecular weight excluding hydrogens is 208 g/mol. The summed E-state index contributed by atoms with van der Waals surface area (Å²) in [5.74, 6) is 0.992. The number of hydrogen-bond acceptors (Lipinski definition) is 2. The van der Waals surface area contributed by atoms with E-state index in [4.69, 9.17) is 0 Å². The molecule has 2 heterocycles. The summed E-state index contributed by atoms with van der Waals surface area (Å²) in [6.45, 7) is 9.55. The molecule has 0 spiro atoms. The van der Waals surface area contributed by atoms with Gasteiger partial charge in [-0.2, -0.15) is 0 Å². The number of fused-ring (bicyclic) bond motifs is 2. The lowest BCUT2D eigenvalue weighted by Gasteiger charge is -2.32. The maximum Gasteiger partial charge on any atom is 0.00728 e. The van der Waals surface area contributed by atoms with Gasteiger partial charge in [-0.15, -0.1) is 0 Å². The smallest absolute Gasteiger partial charge is 0.00728 e. The van der Waals surface area contributed by atoms with Gasteiger partial charge in [0.1, 0.15) is 0 Å². The lowest BCUT2D eigenvalue weighted by Crippen LogP contribution is -2.40. The van der Waals surface area contributed by atoms with Crippen LogP contribution in [0.2, 0.25) is 0 Å². The zero-order valence-corrected chi connectivity index (χ0v) is 11.9. The second-order valence-electron chi connectivity index (χ2n) is 6.39. The first-order valence-electron chi connectivity index (χ1n) is 7.69. The molecule has 17 heavy (non-hydrogen) atoms. The first-order chi connectivity index (χ1) is 8.19. The van der Waals surface area contributed by atoms with E-state index in [-0.39, 0.29) is 0 Å². The molecule has 0 aromatic carbocycles. The highest BCUT2D eigenvalue weighted by Crippen LogP contribution is 2.32. The fourth-order valence-electron chi connectivity index (χ4n) is 3.67. The van der Waals surface area contributed by atoms with Crippen LogP contribution in [0.5, 0.6) is 0 Å².